The minimum atomic E-state index is -0.883. The van der Waals surface area contributed by atoms with Crippen LogP contribution in [0.4, 0.5) is 0 Å². The van der Waals surface area contributed by atoms with Crippen molar-refractivity contribution in [2.24, 2.45) is 5.90 Å². The molecule has 0 aromatic rings. The zero-order valence-electron chi connectivity index (χ0n) is 6.31. The summed E-state index contributed by atoms with van der Waals surface area (Å²) in [6, 6.07) is 1.16. The van der Waals surface area contributed by atoms with Crippen molar-refractivity contribution in [1.29, 1.82) is 0 Å². The zero-order chi connectivity index (χ0) is 6.62. The van der Waals surface area contributed by atoms with Gasteiger partial charge in [-0.1, -0.05) is 19.6 Å². The highest BCUT2D eigenvalue weighted by Gasteiger charge is 2.11. The molecular formula is C5H16ClNOSi. The molecule has 0 spiro atoms. The van der Waals surface area contributed by atoms with Crippen LogP contribution in [0.5, 0.6) is 0 Å². The van der Waals surface area contributed by atoms with Crippen LogP contribution in [-0.4, -0.2) is 14.7 Å². The summed E-state index contributed by atoms with van der Waals surface area (Å²) in [4.78, 5) is 4.45. The number of hydrogen-bond donors (Lipinski definition) is 1. The van der Waals surface area contributed by atoms with Gasteiger partial charge in [0, 0.05) is 8.07 Å². The topological polar surface area (TPSA) is 35.2 Å². The Labute approximate surface area is 64.1 Å². The summed E-state index contributed by atoms with van der Waals surface area (Å²) >= 11 is 0. The predicted molar refractivity (Wildman–Crippen MR) is 45.5 cm³/mol. The SMILES string of the molecule is C[Si](C)(C)CCON.Cl. The fraction of sp³-hybridized carbons (Fsp3) is 1.00. The average molecular weight is 170 g/mol. The summed E-state index contributed by atoms with van der Waals surface area (Å²) in [7, 11) is -0.883. The van der Waals surface area contributed by atoms with E-state index in [0.29, 0.717) is 0 Å². The van der Waals surface area contributed by atoms with Gasteiger partial charge in [-0.25, -0.2) is 5.90 Å². The van der Waals surface area contributed by atoms with Gasteiger partial charge in [-0.3, -0.25) is 0 Å². The molecule has 0 aliphatic heterocycles. The minimum absolute atomic E-state index is 0. The van der Waals surface area contributed by atoms with Crippen molar-refractivity contribution in [1.82, 2.24) is 0 Å². The van der Waals surface area contributed by atoms with E-state index in [-0.39, 0.29) is 12.4 Å². The fourth-order valence-corrected chi connectivity index (χ4v) is 1.10. The molecule has 0 aliphatic rings. The van der Waals surface area contributed by atoms with Crippen molar-refractivity contribution in [2.75, 3.05) is 6.61 Å². The lowest BCUT2D eigenvalue weighted by Crippen LogP contribution is -2.22. The molecule has 9 heavy (non-hydrogen) atoms. The highest BCUT2D eigenvalue weighted by molar-refractivity contribution is 6.76. The second-order valence-electron chi connectivity index (χ2n) is 3.18. The molecule has 0 bridgehead atoms. The van der Waals surface area contributed by atoms with E-state index in [0.717, 1.165) is 12.7 Å². The van der Waals surface area contributed by atoms with Gasteiger partial charge >= 0.3 is 0 Å². The molecule has 0 aliphatic carbocycles. The smallest absolute Gasteiger partial charge is 0.0655 e. The molecular weight excluding hydrogens is 154 g/mol. The van der Waals surface area contributed by atoms with Gasteiger partial charge in [0.05, 0.1) is 6.61 Å². The van der Waals surface area contributed by atoms with Gasteiger partial charge in [-0.2, -0.15) is 0 Å². The first kappa shape index (κ1) is 12.1. The van der Waals surface area contributed by atoms with Gasteiger partial charge < -0.3 is 4.84 Å². The summed E-state index contributed by atoms with van der Waals surface area (Å²) < 4.78 is 0. The van der Waals surface area contributed by atoms with E-state index in [4.69, 9.17) is 5.90 Å². The van der Waals surface area contributed by atoms with Gasteiger partial charge in [0.15, 0.2) is 0 Å². The first-order chi connectivity index (χ1) is 3.56. The summed E-state index contributed by atoms with van der Waals surface area (Å²) in [6.45, 7) is 7.61. The van der Waals surface area contributed by atoms with E-state index in [1.54, 1.807) is 0 Å². The van der Waals surface area contributed by atoms with E-state index < -0.39 is 8.07 Å². The van der Waals surface area contributed by atoms with Crippen molar-refractivity contribution in [3.8, 4) is 0 Å². The Morgan fingerprint density at radius 3 is 1.89 bits per heavy atom. The van der Waals surface area contributed by atoms with Gasteiger partial charge in [0.1, 0.15) is 0 Å². The lowest BCUT2D eigenvalue weighted by atomic mass is 10.9. The Kier molecular flexibility index (Phi) is 7.05. The van der Waals surface area contributed by atoms with Crippen LogP contribution >= 0.6 is 12.4 Å². The second-order valence-corrected chi connectivity index (χ2v) is 8.80. The van der Waals surface area contributed by atoms with Crippen LogP contribution in [0.1, 0.15) is 0 Å². The van der Waals surface area contributed by atoms with E-state index >= 15 is 0 Å². The van der Waals surface area contributed by atoms with Gasteiger partial charge in [0.2, 0.25) is 0 Å². The fourth-order valence-electron chi connectivity index (χ4n) is 0.365. The average Bonchev–Trinajstić information content (AvgIpc) is 1.59. The molecule has 2 N–H and O–H groups in total. The van der Waals surface area contributed by atoms with Crippen LogP contribution in [0.15, 0.2) is 0 Å². The molecule has 0 saturated carbocycles. The van der Waals surface area contributed by atoms with Crippen LogP contribution < -0.4 is 5.90 Å². The monoisotopic (exact) mass is 169 g/mol. The molecule has 0 unspecified atom stereocenters. The predicted octanol–water partition coefficient (Wildman–Crippen LogP) is 1.64. The van der Waals surface area contributed by atoms with Crippen molar-refractivity contribution in [3.05, 3.63) is 0 Å². The third-order valence-corrected chi connectivity index (χ3v) is 2.67. The molecule has 0 heterocycles. The van der Waals surface area contributed by atoms with Crippen LogP contribution in [0.3, 0.4) is 0 Å². The quantitative estimate of drug-likeness (QED) is 0.515. The van der Waals surface area contributed by atoms with Crippen LogP contribution in [0.25, 0.3) is 0 Å². The Morgan fingerprint density at radius 1 is 1.33 bits per heavy atom. The first-order valence-corrected chi connectivity index (χ1v) is 6.59. The number of nitrogens with two attached hydrogens (primary N) is 1. The highest BCUT2D eigenvalue weighted by Crippen LogP contribution is 2.06. The summed E-state index contributed by atoms with van der Waals surface area (Å²) in [5, 5.41) is 0. The van der Waals surface area contributed by atoms with Gasteiger partial charge in [-0.05, 0) is 6.04 Å². The molecule has 0 rings (SSSR count). The zero-order valence-corrected chi connectivity index (χ0v) is 8.12. The van der Waals surface area contributed by atoms with Crippen LogP contribution in [0.2, 0.25) is 25.7 Å². The largest absolute Gasteiger partial charge is 0.305 e. The van der Waals surface area contributed by atoms with E-state index in [9.17, 15) is 0 Å². The Hall–Kier alpha value is 0.427. The molecule has 0 atom stereocenters. The third-order valence-electron chi connectivity index (χ3n) is 0.970. The highest BCUT2D eigenvalue weighted by atomic mass is 35.5. The Bertz CT molecular complexity index is 64.5. The van der Waals surface area contributed by atoms with Crippen LogP contribution in [0, 0.1) is 0 Å². The molecule has 0 aromatic carbocycles. The van der Waals surface area contributed by atoms with Crippen molar-refractivity contribution < 1.29 is 4.84 Å². The number of hydrogen-bond acceptors (Lipinski definition) is 2. The maximum absolute atomic E-state index is 4.86. The van der Waals surface area contributed by atoms with Crippen molar-refractivity contribution >= 4 is 20.5 Å². The normalized spacial score (nSPS) is 10.7. The van der Waals surface area contributed by atoms with Crippen molar-refractivity contribution in [2.45, 2.75) is 25.7 Å². The molecule has 0 aromatic heterocycles. The first-order valence-electron chi connectivity index (χ1n) is 2.88. The number of rotatable bonds is 3. The van der Waals surface area contributed by atoms with E-state index in [1.165, 1.54) is 0 Å². The van der Waals surface area contributed by atoms with Gasteiger partial charge in [0.25, 0.3) is 0 Å². The molecule has 0 amide bonds. The second kappa shape index (κ2) is 5.23. The summed E-state index contributed by atoms with van der Waals surface area (Å²) in [5.41, 5.74) is 0. The Balaban J connectivity index is 0. The van der Waals surface area contributed by atoms with E-state index in [1.807, 2.05) is 0 Å². The third kappa shape index (κ3) is 11.8. The molecule has 0 saturated heterocycles. The van der Waals surface area contributed by atoms with Gasteiger partial charge in [-0.15, -0.1) is 12.4 Å². The standard InChI is InChI=1S/C5H15NOSi.ClH/c1-8(2,3)5-4-7-6;/h4-6H2,1-3H3;1H. The summed E-state index contributed by atoms with van der Waals surface area (Å²) in [5.74, 6) is 4.86. The maximum Gasteiger partial charge on any atom is 0.0655 e. The maximum atomic E-state index is 4.86. The van der Waals surface area contributed by atoms with Crippen LogP contribution in [-0.2, 0) is 4.84 Å². The Morgan fingerprint density at radius 2 is 1.78 bits per heavy atom. The lowest BCUT2D eigenvalue weighted by Gasteiger charge is -2.13. The molecule has 0 fully saturated rings. The summed E-state index contributed by atoms with van der Waals surface area (Å²) in [6.07, 6.45) is 0. The minimum Gasteiger partial charge on any atom is -0.305 e. The molecule has 0 radical (unpaired) electrons. The molecule has 4 heteroatoms. The van der Waals surface area contributed by atoms with E-state index in [2.05, 4.69) is 24.5 Å². The lowest BCUT2D eigenvalue weighted by molar-refractivity contribution is 0.151. The number of halogens is 1. The van der Waals surface area contributed by atoms with Crippen molar-refractivity contribution in [3.63, 3.8) is 0 Å². The molecule has 2 nitrogen and oxygen atoms in total. The molecule has 58 valence electrons.